The number of phenols is 1. The van der Waals surface area contributed by atoms with Gasteiger partial charge in [-0.25, -0.2) is 0 Å². The third-order valence-corrected chi connectivity index (χ3v) is 4.09. The maximum absolute atomic E-state index is 10.6. The summed E-state index contributed by atoms with van der Waals surface area (Å²) in [4.78, 5) is 0. The summed E-state index contributed by atoms with van der Waals surface area (Å²) in [6, 6.07) is 7.95. The smallest absolute Gasteiger partial charge is 0.131 e. The van der Waals surface area contributed by atoms with Crippen molar-refractivity contribution in [2.75, 3.05) is 6.61 Å². The van der Waals surface area contributed by atoms with E-state index in [-0.39, 0.29) is 0 Å². The molecule has 0 amide bonds. The zero-order chi connectivity index (χ0) is 14.1. The number of hydrogen-bond donors (Lipinski definition) is 1. The number of ether oxygens (including phenoxy) is 1. The normalized spacial score (nSPS) is 14.0. The Morgan fingerprint density at radius 3 is 2.55 bits per heavy atom. The highest BCUT2D eigenvalue weighted by atomic mass is 16.5. The summed E-state index contributed by atoms with van der Waals surface area (Å²) in [6.07, 6.45) is 5.00. The van der Waals surface area contributed by atoms with Crippen molar-refractivity contribution in [1.29, 1.82) is 0 Å². The van der Waals surface area contributed by atoms with Gasteiger partial charge >= 0.3 is 0 Å². The van der Waals surface area contributed by atoms with E-state index in [1.165, 1.54) is 5.57 Å². The second kappa shape index (κ2) is 5.20. The van der Waals surface area contributed by atoms with Crippen LogP contribution in [-0.2, 0) is 12.8 Å². The Bertz CT molecular complexity index is 683. The van der Waals surface area contributed by atoms with Crippen LogP contribution in [0.15, 0.2) is 35.9 Å². The van der Waals surface area contributed by atoms with Crippen LogP contribution in [-0.4, -0.2) is 11.7 Å². The predicted molar refractivity (Wildman–Crippen MR) is 82.6 cm³/mol. The van der Waals surface area contributed by atoms with Crippen molar-refractivity contribution >= 4 is 10.8 Å². The van der Waals surface area contributed by atoms with Crippen LogP contribution in [0.1, 0.15) is 31.4 Å². The minimum Gasteiger partial charge on any atom is -0.507 e. The first kappa shape index (κ1) is 13.0. The van der Waals surface area contributed by atoms with Gasteiger partial charge in [0.05, 0.1) is 6.61 Å². The molecule has 2 heteroatoms. The summed E-state index contributed by atoms with van der Waals surface area (Å²) in [5, 5.41) is 12.5. The molecule has 0 heterocycles. The molecule has 20 heavy (non-hydrogen) atoms. The number of fused-ring (bicyclic) bond motifs is 2. The van der Waals surface area contributed by atoms with E-state index in [0.29, 0.717) is 12.4 Å². The standard InChI is InChI=1S/C18H20O2/c1-3-12-9-10-15-16(11-12)17(19)13-7-5-6-8-14(13)18(15)20-4-2/h5-9,19H,3-4,10-11H2,1-2H3. The summed E-state index contributed by atoms with van der Waals surface area (Å²) in [5.74, 6) is 1.38. The Labute approximate surface area is 119 Å². The molecule has 0 fully saturated rings. The molecule has 1 aliphatic rings. The van der Waals surface area contributed by atoms with E-state index in [9.17, 15) is 5.11 Å². The summed E-state index contributed by atoms with van der Waals surface area (Å²) in [5.41, 5.74) is 3.59. The monoisotopic (exact) mass is 268 g/mol. The number of hydrogen-bond acceptors (Lipinski definition) is 2. The molecule has 2 aromatic carbocycles. The average Bonchev–Trinajstić information content (AvgIpc) is 2.51. The fraction of sp³-hybridized carbons (Fsp3) is 0.333. The number of phenolic OH excluding ortho intramolecular Hbond substituents is 1. The number of allylic oxidation sites excluding steroid dienone is 2. The quantitative estimate of drug-likeness (QED) is 0.837. The fourth-order valence-electron chi connectivity index (χ4n) is 3.02. The van der Waals surface area contributed by atoms with Gasteiger partial charge < -0.3 is 9.84 Å². The summed E-state index contributed by atoms with van der Waals surface area (Å²) in [6.45, 7) is 4.81. The van der Waals surface area contributed by atoms with Crippen molar-refractivity contribution in [1.82, 2.24) is 0 Å². The molecule has 0 radical (unpaired) electrons. The third kappa shape index (κ3) is 1.96. The second-order valence-electron chi connectivity index (χ2n) is 5.21. The number of rotatable bonds is 3. The fourth-order valence-corrected chi connectivity index (χ4v) is 3.02. The van der Waals surface area contributed by atoms with Crippen LogP contribution in [0.3, 0.4) is 0 Å². The minimum absolute atomic E-state index is 0.429. The average molecular weight is 268 g/mol. The molecular formula is C18H20O2. The minimum atomic E-state index is 0.429. The Balaban J connectivity index is 2.29. The van der Waals surface area contributed by atoms with Gasteiger partial charge in [0.1, 0.15) is 11.5 Å². The van der Waals surface area contributed by atoms with E-state index in [0.717, 1.165) is 46.9 Å². The lowest BCUT2D eigenvalue weighted by Crippen LogP contribution is -2.07. The van der Waals surface area contributed by atoms with Gasteiger partial charge in [-0.3, -0.25) is 0 Å². The van der Waals surface area contributed by atoms with E-state index < -0.39 is 0 Å². The van der Waals surface area contributed by atoms with Crippen molar-refractivity contribution in [2.24, 2.45) is 0 Å². The first-order valence-electron chi connectivity index (χ1n) is 7.32. The summed E-state index contributed by atoms with van der Waals surface area (Å²) in [7, 11) is 0. The molecule has 2 nitrogen and oxygen atoms in total. The van der Waals surface area contributed by atoms with Gasteiger partial charge in [-0.15, -0.1) is 0 Å². The van der Waals surface area contributed by atoms with E-state index in [2.05, 4.69) is 13.0 Å². The Morgan fingerprint density at radius 2 is 1.85 bits per heavy atom. The van der Waals surface area contributed by atoms with E-state index >= 15 is 0 Å². The predicted octanol–water partition coefficient (Wildman–Crippen LogP) is 4.38. The molecule has 2 aromatic rings. The molecule has 0 aromatic heterocycles. The zero-order valence-corrected chi connectivity index (χ0v) is 12.1. The third-order valence-electron chi connectivity index (χ3n) is 4.09. The summed E-state index contributed by atoms with van der Waals surface area (Å²) >= 11 is 0. The van der Waals surface area contributed by atoms with Gasteiger partial charge in [-0.2, -0.15) is 0 Å². The SMILES string of the molecule is CCOc1c2c(c(O)c3ccccc13)CC(CC)=CC2. The maximum atomic E-state index is 10.6. The lowest BCUT2D eigenvalue weighted by molar-refractivity contribution is 0.340. The Morgan fingerprint density at radius 1 is 1.10 bits per heavy atom. The first-order chi connectivity index (χ1) is 9.76. The Hall–Kier alpha value is -1.96. The van der Waals surface area contributed by atoms with Gasteiger partial charge in [0.15, 0.2) is 0 Å². The molecule has 0 saturated carbocycles. The van der Waals surface area contributed by atoms with Gasteiger partial charge in [0.25, 0.3) is 0 Å². The maximum Gasteiger partial charge on any atom is 0.131 e. The molecular weight excluding hydrogens is 248 g/mol. The summed E-state index contributed by atoms with van der Waals surface area (Å²) < 4.78 is 5.90. The van der Waals surface area contributed by atoms with Gasteiger partial charge in [-0.05, 0) is 26.2 Å². The largest absolute Gasteiger partial charge is 0.507 e. The first-order valence-corrected chi connectivity index (χ1v) is 7.32. The molecule has 0 unspecified atom stereocenters. The lowest BCUT2D eigenvalue weighted by atomic mass is 9.86. The molecule has 0 bridgehead atoms. The van der Waals surface area contributed by atoms with Gasteiger partial charge in [0, 0.05) is 21.9 Å². The molecule has 0 atom stereocenters. The van der Waals surface area contributed by atoms with Crippen LogP contribution in [0, 0.1) is 0 Å². The molecule has 1 aliphatic carbocycles. The number of aromatic hydroxyl groups is 1. The van der Waals surface area contributed by atoms with Crippen LogP contribution in [0.2, 0.25) is 0 Å². The molecule has 0 saturated heterocycles. The molecule has 0 aliphatic heterocycles. The second-order valence-corrected chi connectivity index (χ2v) is 5.21. The van der Waals surface area contributed by atoms with Crippen LogP contribution in [0.5, 0.6) is 11.5 Å². The molecule has 104 valence electrons. The highest BCUT2D eigenvalue weighted by molar-refractivity contribution is 5.96. The van der Waals surface area contributed by atoms with Crippen molar-refractivity contribution in [3.8, 4) is 11.5 Å². The highest BCUT2D eigenvalue weighted by Crippen LogP contribution is 2.43. The van der Waals surface area contributed by atoms with Crippen LogP contribution in [0.25, 0.3) is 10.8 Å². The topological polar surface area (TPSA) is 29.5 Å². The van der Waals surface area contributed by atoms with Crippen molar-refractivity contribution in [2.45, 2.75) is 33.1 Å². The highest BCUT2D eigenvalue weighted by Gasteiger charge is 2.22. The Kier molecular flexibility index (Phi) is 3.39. The van der Waals surface area contributed by atoms with E-state index in [1.807, 2.05) is 31.2 Å². The van der Waals surface area contributed by atoms with Gasteiger partial charge in [0.2, 0.25) is 0 Å². The van der Waals surface area contributed by atoms with Crippen molar-refractivity contribution < 1.29 is 9.84 Å². The van der Waals surface area contributed by atoms with Gasteiger partial charge in [-0.1, -0.05) is 42.8 Å². The molecule has 0 spiro atoms. The molecule has 3 rings (SSSR count). The van der Waals surface area contributed by atoms with Crippen molar-refractivity contribution in [3.05, 3.63) is 47.0 Å². The zero-order valence-electron chi connectivity index (χ0n) is 12.1. The van der Waals surface area contributed by atoms with Crippen LogP contribution >= 0.6 is 0 Å². The number of benzene rings is 2. The van der Waals surface area contributed by atoms with Crippen LogP contribution < -0.4 is 4.74 Å². The van der Waals surface area contributed by atoms with Crippen molar-refractivity contribution in [3.63, 3.8) is 0 Å². The van der Waals surface area contributed by atoms with Crippen LogP contribution in [0.4, 0.5) is 0 Å². The van der Waals surface area contributed by atoms with E-state index in [1.54, 1.807) is 0 Å². The lowest BCUT2D eigenvalue weighted by Gasteiger charge is -2.23. The molecule has 1 N–H and O–H groups in total. The van der Waals surface area contributed by atoms with E-state index in [4.69, 9.17) is 4.74 Å².